The van der Waals surface area contributed by atoms with E-state index in [2.05, 4.69) is 60.7 Å². The number of anilines is 1. The quantitative estimate of drug-likeness (QED) is 0.00217. The van der Waals surface area contributed by atoms with E-state index in [0.29, 0.717) is 66.7 Å². The third kappa shape index (κ3) is 23.1. The van der Waals surface area contributed by atoms with Crippen molar-refractivity contribution in [3.8, 4) is 23.3 Å². The van der Waals surface area contributed by atoms with Gasteiger partial charge in [0.2, 0.25) is 5.91 Å². The number of hydrogen-bond acceptors (Lipinski definition) is 24. The third-order valence-electron chi connectivity index (χ3n) is 14.3. The molecule has 2 amide bonds. The van der Waals surface area contributed by atoms with Crippen molar-refractivity contribution in [2.45, 2.75) is 112 Å². The molecular formula is C55H64N11O26P3S2. The molecule has 1 aliphatic heterocycles. The van der Waals surface area contributed by atoms with Gasteiger partial charge >= 0.3 is 29.2 Å². The molecule has 0 aliphatic carbocycles. The van der Waals surface area contributed by atoms with Crippen molar-refractivity contribution >= 4 is 105 Å². The number of carbonyl (C=O) groups excluding carboxylic acids is 4. The van der Waals surface area contributed by atoms with Gasteiger partial charge in [0.25, 0.3) is 26.1 Å². The molecule has 6 aromatic rings. The monoisotopic (exact) mass is 1450 g/mol. The zero-order valence-corrected chi connectivity index (χ0v) is 55.2. The maximum absolute atomic E-state index is 13.1. The standard InChI is InChI=1S/C55H64N11O26P3S2/c56-54-36(28-66(55(71)62-54)51-27-44(88-33-61-64-57)45(90-51)29-89-94(75,76)92-95(77,78)91-93(72,73)74)12-10-24-60-49(70)31-87-50(63-65-58)32-85-38-15-9-11-35(25-38)42(68)16-7-3-1-2-5-13-37(67)14-6-4-8-23-59-48(69)30-86-43-26-47(97(82,83)84)41-21-20-40-46(96(79,80)81)22-18-34-17-19-39(43)53(41)52(34)40/h9,11,15,17-22,25-26,28,44-45,50-51H,1-8,13-14,16,23-24,27,29-33H2,(H,59,69)(H,60,70)(H,75,76)(H,77,78)(H2,56,62,71)(H2,72,73,74)(H,79,80,81)(H,82,83,84). The van der Waals surface area contributed by atoms with Crippen molar-refractivity contribution in [3.05, 3.63) is 115 Å². The van der Waals surface area contributed by atoms with Crippen molar-refractivity contribution in [1.29, 1.82) is 0 Å². The van der Waals surface area contributed by atoms with Crippen LogP contribution in [0.2, 0.25) is 0 Å². The second-order valence-electron chi connectivity index (χ2n) is 21.2. The molecule has 1 aromatic heterocycles. The van der Waals surface area contributed by atoms with Gasteiger partial charge in [-0.05, 0) is 71.8 Å². The number of nitrogens with two attached hydrogens (primary N) is 1. The number of nitrogens with one attached hydrogen (secondary N) is 2. The minimum atomic E-state index is -5.86. The second-order valence-corrected chi connectivity index (χ2v) is 28.4. The van der Waals surface area contributed by atoms with Gasteiger partial charge in [-0.3, -0.25) is 37.4 Å². The first-order valence-electron chi connectivity index (χ1n) is 29.1. The van der Waals surface area contributed by atoms with Gasteiger partial charge in [-0.15, -0.1) is 0 Å². The molecule has 6 atom stereocenters. The van der Waals surface area contributed by atoms with Crippen molar-refractivity contribution in [2.75, 3.05) is 52.0 Å². The first kappa shape index (κ1) is 76.4. The summed E-state index contributed by atoms with van der Waals surface area (Å²) in [6.45, 7) is -3.14. The van der Waals surface area contributed by atoms with Crippen LogP contribution in [0.4, 0.5) is 5.82 Å². The van der Waals surface area contributed by atoms with Crippen LogP contribution in [-0.4, -0.2) is 143 Å². The number of nitrogen functional groups attached to an aromatic ring is 1. The van der Waals surface area contributed by atoms with Crippen LogP contribution in [0.3, 0.4) is 0 Å². The molecule has 0 bridgehead atoms. The highest BCUT2D eigenvalue weighted by Gasteiger charge is 2.44. The molecule has 0 spiro atoms. The maximum atomic E-state index is 13.1. The molecule has 2 heterocycles. The molecule has 0 radical (unpaired) electrons. The fraction of sp³-hybridized carbons (Fsp3) is 0.418. The maximum Gasteiger partial charge on any atom is 0.490 e. The van der Waals surface area contributed by atoms with Crippen LogP contribution in [-0.2, 0) is 75.7 Å². The third-order valence-corrected chi connectivity index (χ3v) is 19.9. The van der Waals surface area contributed by atoms with Gasteiger partial charge in [-0.2, -0.15) is 30.4 Å². The second kappa shape index (κ2) is 34.5. The van der Waals surface area contributed by atoms with Crippen LogP contribution >= 0.6 is 23.5 Å². The number of ether oxygens (including phenoxy) is 5. The first-order chi connectivity index (χ1) is 45.8. The Balaban J connectivity index is 0.755. The number of azide groups is 2. The van der Waals surface area contributed by atoms with Crippen molar-refractivity contribution < 1.29 is 115 Å². The lowest BCUT2D eigenvalue weighted by atomic mass is 9.94. The Kier molecular flexibility index (Phi) is 27.1. The van der Waals surface area contributed by atoms with E-state index >= 15 is 0 Å². The fourth-order valence-electron chi connectivity index (χ4n) is 10.0. The van der Waals surface area contributed by atoms with Gasteiger partial charge in [0.05, 0.1) is 24.8 Å². The van der Waals surface area contributed by atoms with Crippen molar-refractivity contribution in [3.63, 3.8) is 0 Å². The van der Waals surface area contributed by atoms with Gasteiger partial charge in [0.15, 0.2) is 18.6 Å². The summed E-state index contributed by atoms with van der Waals surface area (Å²) >= 11 is 0. The number of carbonyl (C=O) groups is 4. The number of nitrogens with zero attached hydrogens (tertiary/aromatic N) is 8. The highest BCUT2D eigenvalue weighted by atomic mass is 32.2. The van der Waals surface area contributed by atoms with Crippen LogP contribution in [0.1, 0.15) is 99.2 Å². The van der Waals surface area contributed by atoms with E-state index in [4.69, 9.17) is 50.3 Å². The number of ketones is 2. The number of benzene rings is 5. The Morgan fingerprint density at radius 1 is 0.784 bits per heavy atom. The molecule has 10 N–H and O–H groups in total. The highest BCUT2D eigenvalue weighted by Crippen LogP contribution is 2.66. The molecule has 42 heteroatoms. The predicted molar refractivity (Wildman–Crippen MR) is 339 cm³/mol. The van der Waals surface area contributed by atoms with E-state index in [1.54, 1.807) is 30.3 Å². The summed E-state index contributed by atoms with van der Waals surface area (Å²) in [4.78, 5) is 109. The number of phosphoric acid groups is 3. The Morgan fingerprint density at radius 2 is 1.44 bits per heavy atom. The van der Waals surface area contributed by atoms with E-state index in [0.717, 1.165) is 36.1 Å². The molecule has 97 heavy (non-hydrogen) atoms. The molecule has 0 saturated carbocycles. The Hall–Kier alpha value is -8.01. The average Bonchev–Trinajstić information content (AvgIpc) is 1.03. The van der Waals surface area contributed by atoms with E-state index in [1.807, 2.05) is 0 Å². The zero-order chi connectivity index (χ0) is 70.7. The number of unbranched alkanes of at least 4 members (excludes halogenated alkanes) is 6. The van der Waals surface area contributed by atoms with E-state index in [9.17, 15) is 73.4 Å². The van der Waals surface area contributed by atoms with E-state index in [-0.39, 0.29) is 83.1 Å². The van der Waals surface area contributed by atoms with Crippen LogP contribution in [0.5, 0.6) is 11.5 Å². The summed E-state index contributed by atoms with van der Waals surface area (Å²) < 4.78 is 145. The van der Waals surface area contributed by atoms with Gasteiger partial charge in [0, 0.05) is 81.4 Å². The van der Waals surface area contributed by atoms with E-state index in [1.165, 1.54) is 30.3 Å². The van der Waals surface area contributed by atoms with Crippen molar-refractivity contribution in [2.24, 2.45) is 10.2 Å². The largest absolute Gasteiger partial charge is 0.491 e. The van der Waals surface area contributed by atoms with Crippen LogP contribution in [0.25, 0.3) is 53.2 Å². The number of amides is 2. The van der Waals surface area contributed by atoms with Crippen LogP contribution < -0.4 is 31.5 Å². The van der Waals surface area contributed by atoms with Gasteiger partial charge in [0.1, 0.15) is 65.2 Å². The highest BCUT2D eigenvalue weighted by molar-refractivity contribution is 7.86. The Morgan fingerprint density at radius 3 is 2.13 bits per heavy atom. The zero-order valence-electron chi connectivity index (χ0n) is 50.8. The average molecular weight is 1450 g/mol. The lowest BCUT2D eigenvalue weighted by Gasteiger charge is -2.21. The molecule has 1 saturated heterocycles. The van der Waals surface area contributed by atoms with Gasteiger partial charge in [-0.1, -0.05) is 84.2 Å². The number of hydrogen-bond donors (Lipinski definition) is 9. The summed E-state index contributed by atoms with van der Waals surface area (Å²) in [5.41, 5.74) is 23.1. The minimum absolute atomic E-state index is 0.0544. The normalized spacial score (nSPS) is 16.5. The Bertz CT molecular complexity index is 4520. The molecule has 7 rings (SSSR count). The summed E-state index contributed by atoms with van der Waals surface area (Å²) in [7, 11) is -26.7. The smallest absolute Gasteiger partial charge is 0.490 e. The molecular weight excluding hydrogens is 1390 g/mol. The summed E-state index contributed by atoms with van der Waals surface area (Å²) in [5, 5.41) is 13.5. The summed E-state index contributed by atoms with van der Waals surface area (Å²) in [6.07, 6.45) is 2.17. The van der Waals surface area contributed by atoms with Gasteiger partial charge < -0.3 is 59.6 Å². The molecule has 1 aliphatic rings. The van der Waals surface area contributed by atoms with E-state index < -0.39 is 122 Å². The van der Waals surface area contributed by atoms with Crippen molar-refractivity contribution in [1.82, 2.24) is 20.2 Å². The van der Waals surface area contributed by atoms with Crippen LogP contribution in [0, 0.1) is 11.8 Å². The molecule has 6 unspecified atom stereocenters. The van der Waals surface area contributed by atoms with Crippen LogP contribution in [0.15, 0.2) is 97.7 Å². The minimum Gasteiger partial charge on any atom is -0.491 e. The molecule has 522 valence electrons. The molecule has 37 nitrogen and oxygen atoms in total. The lowest BCUT2D eigenvalue weighted by Crippen LogP contribution is -2.31. The number of Topliss-reactive ketones (excluding diaryl/α,β-unsaturated/α-hetero) is 2. The predicted octanol–water partition coefficient (Wildman–Crippen LogP) is 6.94. The SMILES string of the molecule is [N-]=[N+]=NCOC1CC(n2cc(C#CCNC(=O)COC(COc3cccc(C(=O)CCCCCCCC(=O)CCCCCNC(=O)COc4cc(S(=O)(=O)O)c5ccc6c(S(=O)(=O)O)ccc7ccc4c5c76)c3)N=[N+]=[N-])c(N)nc2=O)OC1COP(=O)(O)OP(=O)(O)OP(=O)(O)O. The lowest BCUT2D eigenvalue weighted by molar-refractivity contribution is -0.128. The topological polar surface area (TPSA) is 565 Å². The number of rotatable bonds is 39. The molecule has 5 aromatic carbocycles. The van der Waals surface area contributed by atoms with Gasteiger partial charge in [-0.25, -0.2) is 18.5 Å². The fourth-order valence-corrected chi connectivity index (χ4v) is 14.5. The Labute approximate surface area is 550 Å². The summed E-state index contributed by atoms with van der Waals surface area (Å²) in [5.74, 6) is 3.80. The number of aromatic nitrogens is 2. The first-order valence-corrected chi connectivity index (χ1v) is 36.5. The number of phosphoric ester groups is 1. The molecule has 1 fully saturated rings. The summed E-state index contributed by atoms with van der Waals surface area (Å²) in [6, 6.07) is 16.0.